The third-order valence-corrected chi connectivity index (χ3v) is 4.19. The monoisotopic (exact) mass is 338 g/mol. The van der Waals surface area contributed by atoms with E-state index >= 15 is 0 Å². The fourth-order valence-corrected chi connectivity index (χ4v) is 2.69. The molecule has 2 heterocycles. The number of fused-ring (bicyclic) bond motifs is 1. The zero-order chi connectivity index (χ0) is 17.8. The summed E-state index contributed by atoms with van der Waals surface area (Å²) in [5.74, 6) is 1.32. The van der Waals surface area contributed by atoms with Crippen LogP contribution in [0.1, 0.15) is 31.0 Å². The maximum atomic E-state index is 5.97. The highest BCUT2D eigenvalue weighted by molar-refractivity contribution is 5.71. The van der Waals surface area contributed by atoms with Crippen LogP contribution in [0.3, 0.4) is 0 Å². The van der Waals surface area contributed by atoms with E-state index in [9.17, 15) is 0 Å². The van der Waals surface area contributed by atoms with Gasteiger partial charge >= 0.3 is 0 Å². The number of ether oxygens (including phenoxy) is 1. The van der Waals surface area contributed by atoms with Crippen LogP contribution in [0.15, 0.2) is 42.7 Å². The van der Waals surface area contributed by atoms with E-state index in [2.05, 4.69) is 40.4 Å². The number of imidazole rings is 1. The topological polar surface area (TPSA) is 43.2 Å². The standard InChI is InChI=1S/C20H26N4O/c1-15(2)17-9-10-18-20(22-17)24(14-21-18)13-16-7-5-6-8-19(16)25-12-11-23(3)4/h5-10,14-15H,11-13H2,1-4H3. The molecule has 25 heavy (non-hydrogen) atoms. The van der Waals surface area contributed by atoms with Gasteiger partial charge < -0.3 is 14.2 Å². The minimum Gasteiger partial charge on any atom is -0.492 e. The number of hydrogen-bond acceptors (Lipinski definition) is 4. The van der Waals surface area contributed by atoms with E-state index in [-0.39, 0.29) is 0 Å². The molecule has 1 aromatic carbocycles. The van der Waals surface area contributed by atoms with Crippen molar-refractivity contribution in [2.45, 2.75) is 26.3 Å². The fraction of sp³-hybridized carbons (Fsp3) is 0.400. The molecule has 0 aliphatic heterocycles. The Bertz CT molecular complexity index is 839. The van der Waals surface area contributed by atoms with Gasteiger partial charge in [-0.25, -0.2) is 9.97 Å². The van der Waals surface area contributed by atoms with E-state index in [4.69, 9.17) is 9.72 Å². The molecule has 0 bridgehead atoms. The van der Waals surface area contributed by atoms with Gasteiger partial charge in [-0.05, 0) is 38.2 Å². The van der Waals surface area contributed by atoms with E-state index in [0.717, 1.165) is 34.7 Å². The quantitative estimate of drug-likeness (QED) is 0.661. The van der Waals surface area contributed by atoms with Gasteiger partial charge in [-0.15, -0.1) is 0 Å². The lowest BCUT2D eigenvalue weighted by atomic mass is 10.1. The third-order valence-electron chi connectivity index (χ3n) is 4.19. The van der Waals surface area contributed by atoms with Crippen LogP contribution >= 0.6 is 0 Å². The summed E-state index contributed by atoms with van der Waals surface area (Å²) in [6.07, 6.45) is 1.86. The van der Waals surface area contributed by atoms with Crippen molar-refractivity contribution in [3.05, 3.63) is 54.0 Å². The summed E-state index contributed by atoms with van der Waals surface area (Å²) in [7, 11) is 4.09. The predicted molar refractivity (Wildman–Crippen MR) is 101 cm³/mol. The Morgan fingerprint density at radius 1 is 1.12 bits per heavy atom. The second-order valence-corrected chi connectivity index (χ2v) is 6.87. The van der Waals surface area contributed by atoms with Crippen molar-refractivity contribution >= 4 is 11.2 Å². The Morgan fingerprint density at radius 3 is 2.68 bits per heavy atom. The number of hydrogen-bond donors (Lipinski definition) is 0. The average Bonchev–Trinajstić information content (AvgIpc) is 2.98. The summed E-state index contributed by atoms with van der Waals surface area (Å²) >= 11 is 0. The normalized spacial score (nSPS) is 11.6. The molecule has 0 radical (unpaired) electrons. The van der Waals surface area contributed by atoms with Crippen LogP contribution in [0.4, 0.5) is 0 Å². The molecule has 3 rings (SSSR count). The number of nitrogens with zero attached hydrogens (tertiary/aromatic N) is 4. The van der Waals surface area contributed by atoms with Crippen molar-refractivity contribution in [2.24, 2.45) is 0 Å². The number of likely N-dealkylation sites (N-methyl/N-ethyl adjacent to an activating group) is 1. The van der Waals surface area contributed by atoms with Gasteiger partial charge in [0, 0.05) is 17.8 Å². The lowest BCUT2D eigenvalue weighted by Gasteiger charge is -2.14. The Kier molecular flexibility index (Phi) is 5.34. The highest BCUT2D eigenvalue weighted by Crippen LogP contribution is 2.22. The SMILES string of the molecule is CC(C)c1ccc2ncn(Cc3ccccc3OCCN(C)C)c2n1. The summed E-state index contributed by atoms with van der Waals surface area (Å²) in [5, 5.41) is 0. The number of benzene rings is 1. The van der Waals surface area contributed by atoms with Gasteiger partial charge in [-0.1, -0.05) is 32.0 Å². The minimum atomic E-state index is 0.398. The molecule has 0 aliphatic rings. The van der Waals surface area contributed by atoms with Crippen LogP contribution in [0, 0.1) is 0 Å². The highest BCUT2D eigenvalue weighted by atomic mass is 16.5. The number of para-hydroxylation sites is 1. The molecule has 0 unspecified atom stereocenters. The summed E-state index contributed by atoms with van der Waals surface area (Å²) < 4.78 is 8.07. The first-order valence-corrected chi connectivity index (χ1v) is 8.72. The van der Waals surface area contributed by atoms with Crippen molar-refractivity contribution in [1.82, 2.24) is 19.4 Å². The largest absolute Gasteiger partial charge is 0.492 e. The molecule has 0 fully saturated rings. The first-order valence-electron chi connectivity index (χ1n) is 8.72. The van der Waals surface area contributed by atoms with Crippen molar-refractivity contribution in [3.8, 4) is 5.75 Å². The number of rotatable bonds is 7. The van der Waals surface area contributed by atoms with Gasteiger partial charge in [-0.3, -0.25) is 0 Å². The second-order valence-electron chi connectivity index (χ2n) is 6.87. The Morgan fingerprint density at radius 2 is 1.92 bits per heavy atom. The Hall–Kier alpha value is -2.40. The van der Waals surface area contributed by atoms with Gasteiger partial charge in [0.1, 0.15) is 17.9 Å². The summed E-state index contributed by atoms with van der Waals surface area (Å²) in [6, 6.07) is 12.3. The molecular formula is C20H26N4O. The first-order chi connectivity index (χ1) is 12.0. The third kappa shape index (κ3) is 4.17. The van der Waals surface area contributed by atoms with Gasteiger partial charge in [0.2, 0.25) is 0 Å². The molecule has 0 atom stereocenters. The predicted octanol–water partition coefficient (Wildman–Crippen LogP) is 3.54. The highest BCUT2D eigenvalue weighted by Gasteiger charge is 2.10. The van der Waals surface area contributed by atoms with Crippen LogP contribution < -0.4 is 4.74 Å². The molecule has 132 valence electrons. The molecule has 2 aromatic heterocycles. The molecule has 0 N–H and O–H groups in total. The Balaban J connectivity index is 1.85. The smallest absolute Gasteiger partial charge is 0.160 e. The molecule has 0 spiro atoms. The van der Waals surface area contributed by atoms with Gasteiger partial charge in [0.25, 0.3) is 0 Å². The van der Waals surface area contributed by atoms with Crippen molar-refractivity contribution < 1.29 is 4.74 Å². The van der Waals surface area contributed by atoms with E-state index in [0.29, 0.717) is 19.1 Å². The van der Waals surface area contributed by atoms with Crippen LogP contribution in [0.25, 0.3) is 11.2 Å². The first kappa shape index (κ1) is 17.4. The maximum absolute atomic E-state index is 5.97. The zero-order valence-electron chi connectivity index (χ0n) is 15.4. The molecule has 5 heteroatoms. The molecule has 5 nitrogen and oxygen atoms in total. The maximum Gasteiger partial charge on any atom is 0.160 e. The zero-order valence-corrected chi connectivity index (χ0v) is 15.4. The van der Waals surface area contributed by atoms with Gasteiger partial charge in [-0.2, -0.15) is 0 Å². The summed E-state index contributed by atoms with van der Waals surface area (Å²) in [4.78, 5) is 11.4. The van der Waals surface area contributed by atoms with Gasteiger partial charge in [0.05, 0.1) is 12.9 Å². The molecule has 0 amide bonds. The molecule has 0 saturated carbocycles. The van der Waals surface area contributed by atoms with Crippen LogP contribution in [-0.4, -0.2) is 46.7 Å². The number of aromatic nitrogens is 3. The minimum absolute atomic E-state index is 0.398. The van der Waals surface area contributed by atoms with Crippen molar-refractivity contribution in [2.75, 3.05) is 27.2 Å². The van der Waals surface area contributed by atoms with E-state index in [1.165, 1.54) is 0 Å². The van der Waals surface area contributed by atoms with Crippen LogP contribution in [0.2, 0.25) is 0 Å². The average molecular weight is 338 g/mol. The second kappa shape index (κ2) is 7.66. The van der Waals surface area contributed by atoms with E-state index in [1.807, 2.05) is 44.7 Å². The molecular weight excluding hydrogens is 312 g/mol. The molecule has 0 saturated heterocycles. The van der Waals surface area contributed by atoms with E-state index in [1.54, 1.807) is 0 Å². The number of pyridine rings is 1. The fourth-order valence-electron chi connectivity index (χ4n) is 2.69. The summed E-state index contributed by atoms with van der Waals surface area (Å²) in [5.41, 5.74) is 4.08. The van der Waals surface area contributed by atoms with Gasteiger partial charge in [0.15, 0.2) is 5.65 Å². The lowest BCUT2D eigenvalue weighted by Crippen LogP contribution is -2.19. The van der Waals surface area contributed by atoms with Crippen molar-refractivity contribution in [1.29, 1.82) is 0 Å². The van der Waals surface area contributed by atoms with Crippen LogP contribution in [-0.2, 0) is 6.54 Å². The van der Waals surface area contributed by atoms with Crippen LogP contribution in [0.5, 0.6) is 5.75 Å². The Labute approximate surface area is 149 Å². The molecule has 0 aliphatic carbocycles. The van der Waals surface area contributed by atoms with Crippen molar-refractivity contribution in [3.63, 3.8) is 0 Å². The lowest BCUT2D eigenvalue weighted by molar-refractivity contribution is 0.259. The molecule has 3 aromatic rings. The summed E-state index contributed by atoms with van der Waals surface area (Å²) in [6.45, 7) is 6.57. The van der Waals surface area contributed by atoms with E-state index < -0.39 is 0 Å².